The van der Waals surface area contributed by atoms with Gasteiger partial charge in [0.05, 0.1) is 12.5 Å². The van der Waals surface area contributed by atoms with Crippen LogP contribution in [0.25, 0.3) is 0 Å². The molecule has 1 aliphatic heterocycles. The number of carbonyl (C=O) groups is 2. The molecule has 2 N–H and O–H groups in total. The second-order valence-corrected chi connectivity index (χ2v) is 7.58. The molecule has 1 aromatic rings. The Labute approximate surface area is 148 Å². The molecular weight excluding hydrogens is 320 g/mol. The van der Waals surface area contributed by atoms with Crippen LogP contribution in [0.1, 0.15) is 61.8 Å². The van der Waals surface area contributed by atoms with Gasteiger partial charge in [-0.3, -0.25) is 14.5 Å². The number of piperidine rings is 1. The summed E-state index contributed by atoms with van der Waals surface area (Å²) >= 11 is 0. The molecular formula is C19H28N2O4. The lowest BCUT2D eigenvalue weighted by Crippen LogP contribution is -2.38. The fraction of sp³-hybridized carbons (Fsp3) is 0.684. The molecule has 3 rings (SSSR count). The molecule has 2 aliphatic rings. The van der Waals surface area contributed by atoms with E-state index in [9.17, 15) is 9.59 Å². The summed E-state index contributed by atoms with van der Waals surface area (Å²) in [4.78, 5) is 25.7. The van der Waals surface area contributed by atoms with Crippen LogP contribution in [0.4, 0.5) is 0 Å². The van der Waals surface area contributed by atoms with Crippen molar-refractivity contribution in [1.82, 2.24) is 10.2 Å². The Morgan fingerprint density at radius 2 is 1.84 bits per heavy atom. The molecule has 0 bridgehead atoms. The van der Waals surface area contributed by atoms with E-state index in [0.29, 0.717) is 31.4 Å². The molecule has 6 nitrogen and oxygen atoms in total. The van der Waals surface area contributed by atoms with Crippen molar-refractivity contribution in [3.63, 3.8) is 0 Å². The number of nitrogens with zero attached hydrogens (tertiary/aromatic N) is 1. The smallest absolute Gasteiger partial charge is 0.306 e. The van der Waals surface area contributed by atoms with Crippen molar-refractivity contribution < 1.29 is 19.1 Å². The van der Waals surface area contributed by atoms with Crippen LogP contribution < -0.4 is 5.32 Å². The van der Waals surface area contributed by atoms with E-state index in [1.165, 1.54) is 12.8 Å². The summed E-state index contributed by atoms with van der Waals surface area (Å²) in [6.07, 6.45) is 5.10. The molecule has 0 aromatic carbocycles. The summed E-state index contributed by atoms with van der Waals surface area (Å²) in [6, 6.07) is 3.66. The number of carboxylic acid groups (broad SMARTS) is 1. The molecule has 0 radical (unpaired) electrons. The molecule has 0 spiro atoms. The maximum absolute atomic E-state index is 12.3. The highest BCUT2D eigenvalue weighted by Crippen LogP contribution is 2.25. The number of likely N-dealkylation sites (tertiary alicyclic amines) is 1. The Bertz CT molecular complexity index is 596. The lowest BCUT2D eigenvalue weighted by Gasteiger charge is -2.29. The lowest BCUT2D eigenvalue weighted by atomic mass is 9.86. The van der Waals surface area contributed by atoms with Crippen LogP contribution in [0.3, 0.4) is 0 Å². The minimum atomic E-state index is -0.729. The van der Waals surface area contributed by atoms with Crippen molar-refractivity contribution in [2.24, 2.45) is 11.8 Å². The van der Waals surface area contributed by atoms with E-state index in [1.807, 2.05) is 6.07 Å². The summed E-state index contributed by atoms with van der Waals surface area (Å²) < 4.78 is 5.73. The second-order valence-electron chi connectivity index (χ2n) is 7.58. The maximum atomic E-state index is 12.3. The van der Waals surface area contributed by atoms with Crippen LogP contribution in [0.15, 0.2) is 16.5 Å². The van der Waals surface area contributed by atoms with E-state index in [4.69, 9.17) is 9.52 Å². The van der Waals surface area contributed by atoms with Gasteiger partial charge >= 0.3 is 5.97 Å². The van der Waals surface area contributed by atoms with Crippen molar-refractivity contribution in [2.75, 3.05) is 13.1 Å². The predicted molar refractivity (Wildman–Crippen MR) is 93.2 cm³/mol. The number of aliphatic carboxylic acids is 1. The Morgan fingerprint density at radius 1 is 1.16 bits per heavy atom. The van der Waals surface area contributed by atoms with Gasteiger partial charge in [0, 0.05) is 6.04 Å². The molecule has 1 saturated heterocycles. The first-order valence-electron chi connectivity index (χ1n) is 9.36. The molecule has 1 amide bonds. The van der Waals surface area contributed by atoms with Gasteiger partial charge in [0.1, 0.15) is 5.76 Å². The third-order valence-electron chi connectivity index (χ3n) is 5.55. The first kappa shape index (κ1) is 18.0. The van der Waals surface area contributed by atoms with Crippen LogP contribution >= 0.6 is 0 Å². The van der Waals surface area contributed by atoms with Crippen molar-refractivity contribution in [3.8, 4) is 0 Å². The Kier molecular flexibility index (Phi) is 5.78. The van der Waals surface area contributed by atoms with Crippen LogP contribution in [-0.4, -0.2) is 41.0 Å². The number of rotatable bonds is 5. The van der Waals surface area contributed by atoms with Crippen LogP contribution in [0.5, 0.6) is 0 Å². The predicted octanol–water partition coefficient (Wildman–Crippen LogP) is 2.88. The number of nitrogens with one attached hydrogen (secondary N) is 1. The van der Waals surface area contributed by atoms with E-state index in [0.717, 1.165) is 31.3 Å². The number of carbonyl (C=O) groups excluding carboxylic acids is 1. The number of furan rings is 1. The highest BCUT2D eigenvalue weighted by Gasteiger charge is 2.27. The molecule has 2 fully saturated rings. The van der Waals surface area contributed by atoms with E-state index in [1.54, 1.807) is 6.07 Å². The summed E-state index contributed by atoms with van der Waals surface area (Å²) in [6.45, 7) is 5.20. The van der Waals surface area contributed by atoms with E-state index < -0.39 is 5.97 Å². The van der Waals surface area contributed by atoms with Crippen molar-refractivity contribution >= 4 is 11.9 Å². The quantitative estimate of drug-likeness (QED) is 0.855. The van der Waals surface area contributed by atoms with E-state index in [2.05, 4.69) is 17.1 Å². The first-order valence-corrected chi connectivity index (χ1v) is 9.36. The molecule has 0 atom stereocenters. The zero-order valence-electron chi connectivity index (χ0n) is 14.9. The average Bonchev–Trinajstić information content (AvgIpc) is 3.06. The van der Waals surface area contributed by atoms with Gasteiger partial charge in [-0.15, -0.1) is 0 Å². The third-order valence-corrected chi connectivity index (χ3v) is 5.55. The standard InChI is InChI=1S/C19H28N2O4/c1-13-8-10-21(11-9-13)12-16-6-7-17(25-16)18(22)20-15-4-2-14(3-5-15)19(23)24/h6-7,13-15H,2-5,8-12H2,1H3,(H,20,22)(H,23,24). The van der Waals surface area contributed by atoms with Gasteiger partial charge in [0.2, 0.25) is 0 Å². The normalized spacial score (nSPS) is 25.6. The van der Waals surface area contributed by atoms with Gasteiger partial charge in [-0.1, -0.05) is 6.92 Å². The van der Waals surface area contributed by atoms with Gasteiger partial charge in [-0.05, 0) is 69.7 Å². The lowest BCUT2D eigenvalue weighted by molar-refractivity contribution is -0.142. The zero-order valence-corrected chi connectivity index (χ0v) is 14.9. The average molecular weight is 348 g/mol. The van der Waals surface area contributed by atoms with Gasteiger partial charge in [0.25, 0.3) is 5.91 Å². The van der Waals surface area contributed by atoms with E-state index >= 15 is 0 Å². The summed E-state index contributed by atoms with van der Waals surface area (Å²) in [7, 11) is 0. The highest BCUT2D eigenvalue weighted by atomic mass is 16.4. The van der Waals surface area contributed by atoms with Crippen molar-refractivity contribution in [1.29, 1.82) is 0 Å². The second kappa shape index (κ2) is 8.04. The first-order chi connectivity index (χ1) is 12.0. The van der Waals surface area contributed by atoms with Gasteiger partial charge in [-0.2, -0.15) is 0 Å². The third kappa shape index (κ3) is 4.84. The molecule has 1 aliphatic carbocycles. The van der Waals surface area contributed by atoms with Crippen molar-refractivity contribution in [3.05, 3.63) is 23.7 Å². The van der Waals surface area contributed by atoms with Crippen molar-refractivity contribution in [2.45, 2.75) is 58.0 Å². The number of amides is 1. The largest absolute Gasteiger partial charge is 0.481 e. The molecule has 25 heavy (non-hydrogen) atoms. The zero-order chi connectivity index (χ0) is 17.8. The van der Waals surface area contributed by atoms with Crippen LogP contribution in [0.2, 0.25) is 0 Å². The molecule has 2 heterocycles. The monoisotopic (exact) mass is 348 g/mol. The molecule has 138 valence electrons. The summed E-state index contributed by atoms with van der Waals surface area (Å²) in [5, 5.41) is 12.0. The minimum Gasteiger partial charge on any atom is -0.481 e. The van der Waals surface area contributed by atoms with Gasteiger partial charge in [-0.25, -0.2) is 0 Å². The Morgan fingerprint density at radius 3 is 2.48 bits per heavy atom. The molecule has 1 saturated carbocycles. The summed E-state index contributed by atoms with van der Waals surface area (Å²) in [5.74, 6) is 0.779. The molecule has 0 unspecified atom stereocenters. The van der Waals surface area contributed by atoms with Crippen LogP contribution in [-0.2, 0) is 11.3 Å². The van der Waals surface area contributed by atoms with Crippen LogP contribution in [0, 0.1) is 11.8 Å². The summed E-state index contributed by atoms with van der Waals surface area (Å²) in [5.41, 5.74) is 0. The molecule has 6 heteroatoms. The Balaban J connectivity index is 1.47. The van der Waals surface area contributed by atoms with Gasteiger partial charge < -0.3 is 14.8 Å². The fourth-order valence-corrected chi connectivity index (χ4v) is 3.77. The maximum Gasteiger partial charge on any atom is 0.306 e. The SMILES string of the molecule is CC1CCN(Cc2ccc(C(=O)NC3CCC(C(=O)O)CC3)o2)CC1. The fourth-order valence-electron chi connectivity index (χ4n) is 3.77. The number of hydrogen-bond acceptors (Lipinski definition) is 4. The minimum absolute atomic E-state index is 0.0419. The number of hydrogen-bond donors (Lipinski definition) is 2. The topological polar surface area (TPSA) is 82.8 Å². The highest BCUT2D eigenvalue weighted by molar-refractivity contribution is 5.91. The molecule has 1 aromatic heterocycles. The Hall–Kier alpha value is -1.82. The number of carboxylic acids is 1. The van der Waals surface area contributed by atoms with Gasteiger partial charge in [0.15, 0.2) is 5.76 Å². The van der Waals surface area contributed by atoms with E-state index in [-0.39, 0.29) is 17.9 Å².